The van der Waals surface area contributed by atoms with Crippen LogP contribution in [0.25, 0.3) is 0 Å². The van der Waals surface area contributed by atoms with E-state index in [9.17, 15) is 13.2 Å². The second-order valence-electron chi connectivity index (χ2n) is 9.30. The summed E-state index contributed by atoms with van der Waals surface area (Å²) in [5, 5.41) is 10.2. The number of nitrogens with one attached hydrogen (secondary N) is 2. The van der Waals surface area contributed by atoms with Gasteiger partial charge in [0.25, 0.3) is 15.9 Å². The molecule has 0 saturated carbocycles. The number of aromatic nitrogens is 1. The summed E-state index contributed by atoms with van der Waals surface area (Å²) >= 11 is 12.1. The van der Waals surface area contributed by atoms with Gasteiger partial charge < -0.3 is 5.32 Å². The Morgan fingerprint density at radius 1 is 0.929 bits per heavy atom. The van der Waals surface area contributed by atoms with Gasteiger partial charge in [0.05, 0.1) is 29.3 Å². The number of hydrazone groups is 1. The average Bonchev–Trinajstić information content (AvgIpc) is 3.45. The van der Waals surface area contributed by atoms with Gasteiger partial charge in [0.2, 0.25) is 5.96 Å². The van der Waals surface area contributed by atoms with E-state index < -0.39 is 10.0 Å². The molecule has 1 amide bonds. The van der Waals surface area contributed by atoms with Gasteiger partial charge in [-0.2, -0.15) is 5.10 Å². The molecule has 42 heavy (non-hydrogen) atoms. The van der Waals surface area contributed by atoms with Crippen molar-refractivity contribution in [2.75, 3.05) is 19.6 Å². The monoisotopic (exact) mass is 620 g/mol. The van der Waals surface area contributed by atoms with Gasteiger partial charge in [-0.15, -0.1) is 0 Å². The van der Waals surface area contributed by atoms with Crippen molar-refractivity contribution in [3.05, 3.63) is 130 Å². The first-order valence-corrected chi connectivity index (χ1v) is 15.2. The molecular formula is C30H26Cl2N6O3S. The predicted molar refractivity (Wildman–Crippen MR) is 165 cm³/mol. The van der Waals surface area contributed by atoms with Crippen LogP contribution in [0.1, 0.15) is 27.4 Å². The molecule has 0 saturated heterocycles. The maximum Gasteiger partial charge on any atom is 0.264 e. The zero-order valence-corrected chi connectivity index (χ0v) is 24.5. The van der Waals surface area contributed by atoms with Crippen LogP contribution in [0.15, 0.2) is 118 Å². The molecular weight excluding hydrogens is 595 g/mol. The summed E-state index contributed by atoms with van der Waals surface area (Å²) in [5.74, 6) is -0.469. The van der Waals surface area contributed by atoms with Crippen molar-refractivity contribution in [1.82, 2.24) is 20.0 Å². The van der Waals surface area contributed by atoms with E-state index in [4.69, 9.17) is 28.3 Å². The van der Waals surface area contributed by atoms with Gasteiger partial charge in [-0.1, -0.05) is 65.7 Å². The van der Waals surface area contributed by atoms with Crippen molar-refractivity contribution in [2.45, 2.75) is 10.8 Å². The molecule has 4 aromatic rings. The van der Waals surface area contributed by atoms with Gasteiger partial charge in [0, 0.05) is 34.9 Å². The van der Waals surface area contributed by atoms with E-state index in [1.54, 1.807) is 30.5 Å². The lowest BCUT2D eigenvalue weighted by atomic mass is 9.91. The molecule has 3 aromatic carbocycles. The number of hydrogen-bond donors (Lipinski definition) is 2. The zero-order valence-electron chi connectivity index (χ0n) is 22.2. The van der Waals surface area contributed by atoms with Crippen molar-refractivity contribution in [1.29, 1.82) is 0 Å². The molecule has 1 unspecified atom stereocenters. The highest BCUT2D eigenvalue weighted by atomic mass is 35.5. The predicted octanol–water partition coefficient (Wildman–Crippen LogP) is 4.96. The quantitative estimate of drug-likeness (QED) is 0.164. The molecule has 0 fully saturated rings. The third-order valence-electron chi connectivity index (χ3n) is 6.43. The van der Waals surface area contributed by atoms with Crippen molar-refractivity contribution in [3.8, 4) is 0 Å². The Balaban J connectivity index is 1.45. The van der Waals surface area contributed by atoms with Crippen LogP contribution in [0.4, 0.5) is 0 Å². The number of halogens is 2. The van der Waals surface area contributed by atoms with Gasteiger partial charge >= 0.3 is 0 Å². The minimum absolute atomic E-state index is 0.0187. The molecule has 2 N–H and O–H groups in total. The Morgan fingerprint density at radius 3 is 2.29 bits per heavy atom. The summed E-state index contributed by atoms with van der Waals surface area (Å²) in [5.41, 5.74) is 3.01. The number of pyridine rings is 1. The molecule has 0 aliphatic carbocycles. The van der Waals surface area contributed by atoms with Crippen LogP contribution in [0, 0.1) is 0 Å². The topological polar surface area (TPSA) is 116 Å². The highest BCUT2D eigenvalue weighted by Crippen LogP contribution is 2.29. The summed E-state index contributed by atoms with van der Waals surface area (Å²) in [6.07, 6.45) is 3.04. The number of aliphatic imine (C=N–C) groups is 1. The second-order valence-corrected chi connectivity index (χ2v) is 11.9. The number of amides is 1. The lowest BCUT2D eigenvalue weighted by Crippen LogP contribution is -2.42. The fraction of sp³-hybridized carbons (Fsp3) is 0.133. The van der Waals surface area contributed by atoms with Crippen LogP contribution >= 0.6 is 23.2 Å². The molecule has 0 bridgehead atoms. The van der Waals surface area contributed by atoms with Gasteiger partial charge in [0.15, 0.2) is 0 Å². The van der Waals surface area contributed by atoms with Crippen molar-refractivity contribution >= 4 is 50.8 Å². The number of benzene rings is 3. The molecule has 2 heterocycles. The maximum absolute atomic E-state index is 13.4. The molecule has 1 atom stereocenters. The molecule has 1 aliphatic heterocycles. The number of carbonyl (C=O) groups excluding carboxylic acids is 1. The molecule has 1 aromatic heterocycles. The minimum atomic E-state index is -4.04. The summed E-state index contributed by atoms with van der Waals surface area (Å²) in [6, 6.07) is 26.3. The lowest BCUT2D eigenvalue weighted by Gasteiger charge is -2.20. The molecule has 214 valence electrons. The largest absolute Gasteiger partial charge is 0.350 e. The smallest absolute Gasteiger partial charge is 0.264 e. The highest BCUT2D eigenvalue weighted by Gasteiger charge is 2.33. The third kappa shape index (κ3) is 7.14. The van der Waals surface area contributed by atoms with E-state index in [-0.39, 0.29) is 35.8 Å². The van der Waals surface area contributed by atoms with E-state index in [0.717, 1.165) is 16.8 Å². The van der Waals surface area contributed by atoms with E-state index in [1.165, 1.54) is 35.5 Å². The van der Waals surface area contributed by atoms with Crippen LogP contribution in [0.3, 0.4) is 0 Å². The number of carbonyl (C=O) groups is 1. The summed E-state index contributed by atoms with van der Waals surface area (Å²) in [4.78, 5) is 21.0. The number of guanidine groups is 1. The van der Waals surface area contributed by atoms with Gasteiger partial charge in [-0.3, -0.25) is 9.78 Å². The van der Waals surface area contributed by atoms with Crippen molar-refractivity contribution in [2.24, 2.45) is 10.1 Å². The molecule has 1 aliphatic rings. The summed E-state index contributed by atoms with van der Waals surface area (Å²) in [6.45, 7) is 0.568. The summed E-state index contributed by atoms with van der Waals surface area (Å²) < 4.78 is 29.3. The average molecular weight is 622 g/mol. The van der Waals surface area contributed by atoms with Gasteiger partial charge in [-0.05, 0) is 59.7 Å². The van der Waals surface area contributed by atoms with E-state index in [0.29, 0.717) is 22.2 Å². The lowest BCUT2D eigenvalue weighted by molar-refractivity contribution is 0.0954. The second kappa shape index (κ2) is 13.2. The number of sulfonamides is 1. The number of rotatable bonds is 8. The van der Waals surface area contributed by atoms with E-state index in [1.807, 2.05) is 42.5 Å². The third-order valence-corrected chi connectivity index (χ3v) is 8.28. The number of nitrogens with zero attached hydrogens (tertiary/aromatic N) is 4. The highest BCUT2D eigenvalue weighted by molar-refractivity contribution is 7.90. The van der Waals surface area contributed by atoms with Gasteiger partial charge in [0.1, 0.15) is 0 Å². The minimum Gasteiger partial charge on any atom is -0.350 e. The molecule has 9 nitrogen and oxygen atoms in total. The van der Waals surface area contributed by atoms with Crippen molar-refractivity contribution < 1.29 is 13.2 Å². The Labute approximate surface area is 254 Å². The first kappa shape index (κ1) is 29.2. The fourth-order valence-electron chi connectivity index (χ4n) is 4.35. The first-order valence-electron chi connectivity index (χ1n) is 13.0. The van der Waals surface area contributed by atoms with Crippen molar-refractivity contribution in [3.63, 3.8) is 0 Å². The molecule has 5 rings (SSSR count). The SMILES string of the molecule is O=C(NCCN=C(NS(=O)(=O)c1ccc(Cl)cc1)N1CC(c2ccccc2)C(c2ccc(Cl)cc2)=N1)c1cccnc1. The van der Waals surface area contributed by atoms with Gasteiger partial charge in [-0.25, -0.2) is 23.1 Å². The van der Waals surface area contributed by atoms with Crippen LogP contribution in [-0.4, -0.2) is 55.6 Å². The Bertz CT molecular complexity index is 1700. The molecule has 12 heteroatoms. The number of hydrogen-bond acceptors (Lipinski definition) is 6. The Kier molecular flexibility index (Phi) is 9.16. The molecule has 0 radical (unpaired) electrons. The standard InChI is InChI=1S/C30H26Cl2N6O3S/c31-24-10-8-22(9-11-24)28-27(21-5-2-1-3-6-21)20-38(36-28)30(37-42(40,41)26-14-12-25(32)13-15-26)35-18-17-34-29(39)23-7-4-16-33-19-23/h1-16,19,27H,17-18,20H2,(H,34,39)(H,35,37). The van der Waals surface area contributed by atoms with Crippen LogP contribution in [0.2, 0.25) is 10.0 Å². The Hall–Kier alpha value is -4.25. The zero-order chi connectivity index (χ0) is 29.5. The van der Waals surface area contributed by atoms with Crippen LogP contribution < -0.4 is 10.0 Å². The van der Waals surface area contributed by atoms with Crippen LogP contribution in [0.5, 0.6) is 0 Å². The Morgan fingerprint density at radius 2 is 1.62 bits per heavy atom. The van der Waals surface area contributed by atoms with Crippen LogP contribution in [-0.2, 0) is 10.0 Å². The van der Waals surface area contributed by atoms with E-state index >= 15 is 0 Å². The first-order chi connectivity index (χ1) is 20.3. The summed E-state index contributed by atoms with van der Waals surface area (Å²) in [7, 11) is -4.04. The normalized spacial score (nSPS) is 15.3. The fourth-order valence-corrected chi connectivity index (χ4v) is 5.63. The van der Waals surface area contributed by atoms with E-state index in [2.05, 4.69) is 20.0 Å². The maximum atomic E-state index is 13.4. The molecule has 0 spiro atoms.